The van der Waals surface area contributed by atoms with Gasteiger partial charge in [-0.1, -0.05) is 71.1 Å². The lowest BCUT2D eigenvalue weighted by molar-refractivity contribution is -0.161. The molecule has 0 spiro atoms. The van der Waals surface area contributed by atoms with Crippen molar-refractivity contribution in [1.29, 1.82) is 0 Å². The van der Waals surface area contributed by atoms with Crippen LogP contribution in [0.25, 0.3) is 0 Å². The van der Waals surface area contributed by atoms with Gasteiger partial charge in [0.1, 0.15) is 12.1 Å². The SMILES string of the molecule is CCCCCCCCCCCCC[C@@H](CC(N)=O)OC(=O)[C@H](CCCC(=O)O)N(C=O)C1CCNCC1. The molecule has 0 saturated carbocycles. The van der Waals surface area contributed by atoms with E-state index in [-0.39, 0.29) is 31.7 Å². The summed E-state index contributed by atoms with van der Waals surface area (Å²) < 4.78 is 5.74. The van der Waals surface area contributed by atoms with Gasteiger partial charge in [0.15, 0.2) is 0 Å². The minimum atomic E-state index is -0.949. The molecular weight excluding hydrogens is 474 g/mol. The van der Waals surface area contributed by atoms with Gasteiger partial charge in [0.2, 0.25) is 12.3 Å². The molecule has 0 bridgehead atoms. The minimum absolute atomic E-state index is 0.0558. The Hall–Kier alpha value is -2.16. The molecule has 0 aromatic rings. The lowest BCUT2D eigenvalue weighted by Crippen LogP contribution is -2.51. The number of nitrogens with one attached hydrogen (secondary N) is 1. The summed E-state index contributed by atoms with van der Waals surface area (Å²) in [6, 6.07) is -0.977. The molecule has 9 heteroatoms. The summed E-state index contributed by atoms with van der Waals surface area (Å²) in [7, 11) is 0. The summed E-state index contributed by atoms with van der Waals surface area (Å²) in [6.07, 6.45) is 15.5. The van der Waals surface area contributed by atoms with Gasteiger partial charge in [0.05, 0.1) is 6.42 Å². The van der Waals surface area contributed by atoms with Crippen molar-refractivity contribution in [3.8, 4) is 0 Å². The van der Waals surface area contributed by atoms with Crippen LogP contribution >= 0.6 is 0 Å². The molecule has 0 radical (unpaired) electrons. The second-order valence-electron chi connectivity index (χ2n) is 10.4. The van der Waals surface area contributed by atoms with Crippen LogP contribution in [-0.2, 0) is 23.9 Å². The van der Waals surface area contributed by atoms with Gasteiger partial charge in [-0.25, -0.2) is 4.79 Å². The fourth-order valence-corrected chi connectivity index (χ4v) is 5.06. The maximum atomic E-state index is 13.2. The molecule has 0 aliphatic carbocycles. The van der Waals surface area contributed by atoms with E-state index in [4.69, 9.17) is 15.6 Å². The lowest BCUT2D eigenvalue weighted by Gasteiger charge is -2.37. The Kier molecular flexibility index (Phi) is 18.5. The Bertz CT molecular complexity index is 654. The molecule has 9 nitrogen and oxygen atoms in total. The number of hydrogen-bond acceptors (Lipinski definition) is 6. The first-order valence-electron chi connectivity index (χ1n) is 14.5. The van der Waals surface area contributed by atoms with Crippen LogP contribution in [0.15, 0.2) is 0 Å². The molecule has 4 N–H and O–H groups in total. The van der Waals surface area contributed by atoms with Gasteiger partial charge in [-0.3, -0.25) is 14.4 Å². The standard InChI is InChI=1S/C28H51N3O6/c1-2-3-4-5-6-7-8-9-10-11-12-14-24(21-26(29)33)37-28(36)25(15-13-16-27(34)35)31(22-32)23-17-19-30-20-18-23/h22-25,30H,2-21H2,1H3,(H2,29,33)(H,34,35)/t24-,25-/m0/s1. The van der Waals surface area contributed by atoms with Gasteiger partial charge in [0.25, 0.3) is 0 Å². The number of rotatable bonds is 23. The number of carboxylic acid groups (broad SMARTS) is 1. The minimum Gasteiger partial charge on any atom is -0.481 e. The predicted molar refractivity (Wildman–Crippen MR) is 144 cm³/mol. The van der Waals surface area contributed by atoms with Crippen LogP contribution in [0.5, 0.6) is 0 Å². The highest BCUT2D eigenvalue weighted by molar-refractivity contribution is 5.80. The first kappa shape index (κ1) is 32.9. The van der Waals surface area contributed by atoms with E-state index in [9.17, 15) is 19.2 Å². The zero-order chi connectivity index (χ0) is 27.3. The van der Waals surface area contributed by atoms with E-state index in [1.807, 2.05) is 0 Å². The molecule has 1 heterocycles. The normalized spacial score (nSPS) is 15.6. The van der Waals surface area contributed by atoms with Gasteiger partial charge in [-0.05, 0) is 51.6 Å². The number of nitrogens with two attached hydrogens (primary N) is 1. The van der Waals surface area contributed by atoms with Gasteiger partial charge >= 0.3 is 11.9 Å². The van der Waals surface area contributed by atoms with Gasteiger partial charge in [-0.15, -0.1) is 0 Å². The maximum Gasteiger partial charge on any atom is 0.329 e. The van der Waals surface area contributed by atoms with Gasteiger partial charge in [0, 0.05) is 12.5 Å². The van der Waals surface area contributed by atoms with Crippen molar-refractivity contribution in [3.05, 3.63) is 0 Å². The number of hydrogen-bond donors (Lipinski definition) is 3. The number of carbonyl (C=O) groups is 4. The highest BCUT2D eigenvalue weighted by atomic mass is 16.5. The number of nitrogens with zero attached hydrogens (tertiary/aromatic N) is 1. The van der Waals surface area contributed by atoms with E-state index in [1.165, 1.54) is 56.3 Å². The zero-order valence-corrected chi connectivity index (χ0v) is 23.0. The van der Waals surface area contributed by atoms with E-state index in [0.717, 1.165) is 32.4 Å². The molecule has 2 atom stereocenters. The number of unbranched alkanes of at least 4 members (excludes halogenated alkanes) is 10. The van der Waals surface area contributed by atoms with E-state index in [2.05, 4.69) is 12.2 Å². The van der Waals surface area contributed by atoms with Crippen molar-refractivity contribution in [2.24, 2.45) is 5.73 Å². The van der Waals surface area contributed by atoms with Crippen molar-refractivity contribution in [2.45, 2.75) is 141 Å². The monoisotopic (exact) mass is 525 g/mol. The van der Waals surface area contributed by atoms with Gasteiger partial charge < -0.3 is 25.8 Å². The first-order chi connectivity index (χ1) is 17.9. The smallest absolute Gasteiger partial charge is 0.329 e. The number of amides is 2. The Labute approximate surface area is 223 Å². The molecule has 1 aliphatic rings. The van der Waals surface area contributed by atoms with Crippen LogP contribution in [0.2, 0.25) is 0 Å². The summed E-state index contributed by atoms with van der Waals surface area (Å²) in [5, 5.41) is 12.3. The van der Waals surface area contributed by atoms with Crippen molar-refractivity contribution < 1.29 is 29.0 Å². The van der Waals surface area contributed by atoms with Crippen LogP contribution in [0.4, 0.5) is 0 Å². The number of carboxylic acids is 1. The number of ether oxygens (including phenoxy) is 1. The quantitative estimate of drug-likeness (QED) is 0.103. The molecule has 1 aliphatic heterocycles. The molecule has 0 aromatic carbocycles. The molecule has 214 valence electrons. The number of esters is 1. The third kappa shape index (κ3) is 15.6. The fourth-order valence-electron chi connectivity index (χ4n) is 5.06. The molecule has 2 amide bonds. The summed E-state index contributed by atoms with van der Waals surface area (Å²) >= 11 is 0. The Morgan fingerprint density at radius 1 is 0.946 bits per heavy atom. The maximum absolute atomic E-state index is 13.2. The largest absolute Gasteiger partial charge is 0.481 e. The first-order valence-corrected chi connectivity index (χ1v) is 14.5. The molecular formula is C28H51N3O6. The average molecular weight is 526 g/mol. The Morgan fingerprint density at radius 3 is 2.03 bits per heavy atom. The number of piperidine rings is 1. The number of primary amides is 1. The molecule has 37 heavy (non-hydrogen) atoms. The lowest BCUT2D eigenvalue weighted by atomic mass is 10.00. The fraction of sp³-hybridized carbons (Fsp3) is 0.857. The van der Waals surface area contributed by atoms with Crippen LogP contribution in [0.3, 0.4) is 0 Å². The van der Waals surface area contributed by atoms with Crippen molar-refractivity contribution in [2.75, 3.05) is 13.1 Å². The summed E-state index contributed by atoms with van der Waals surface area (Å²) in [6.45, 7) is 3.72. The second-order valence-corrected chi connectivity index (χ2v) is 10.4. The predicted octanol–water partition coefficient (Wildman–Crippen LogP) is 4.31. The average Bonchev–Trinajstić information content (AvgIpc) is 2.86. The Balaban J connectivity index is 2.57. The topological polar surface area (TPSA) is 139 Å². The van der Waals surface area contributed by atoms with Crippen molar-refractivity contribution >= 4 is 24.3 Å². The van der Waals surface area contributed by atoms with E-state index < -0.39 is 30.0 Å². The third-order valence-corrected chi connectivity index (χ3v) is 7.19. The molecule has 1 rings (SSSR count). The van der Waals surface area contributed by atoms with E-state index in [0.29, 0.717) is 25.7 Å². The highest BCUT2D eigenvalue weighted by Crippen LogP contribution is 2.21. The van der Waals surface area contributed by atoms with Crippen LogP contribution < -0.4 is 11.1 Å². The zero-order valence-electron chi connectivity index (χ0n) is 23.0. The van der Waals surface area contributed by atoms with E-state index >= 15 is 0 Å². The van der Waals surface area contributed by atoms with Crippen molar-refractivity contribution in [3.63, 3.8) is 0 Å². The second kappa shape index (κ2) is 20.8. The molecule has 1 fully saturated rings. The van der Waals surface area contributed by atoms with E-state index in [1.54, 1.807) is 0 Å². The van der Waals surface area contributed by atoms with Crippen LogP contribution in [-0.4, -0.2) is 65.5 Å². The summed E-state index contributed by atoms with van der Waals surface area (Å²) in [5.41, 5.74) is 5.42. The van der Waals surface area contributed by atoms with Crippen molar-refractivity contribution in [1.82, 2.24) is 10.2 Å². The van der Waals surface area contributed by atoms with Crippen LogP contribution in [0, 0.1) is 0 Å². The highest BCUT2D eigenvalue weighted by Gasteiger charge is 2.33. The molecule has 0 aromatic heterocycles. The molecule has 1 saturated heterocycles. The third-order valence-electron chi connectivity index (χ3n) is 7.19. The summed E-state index contributed by atoms with van der Waals surface area (Å²) in [5.74, 6) is -2.06. The molecule has 0 unspecified atom stereocenters. The summed E-state index contributed by atoms with van der Waals surface area (Å²) in [4.78, 5) is 49.4. The number of aliphatic carboxylic acids is 1. The number of carbonyl (C=O) groups excluding carboxylic acids is 3. The Morgan fingerprint density at radius 2 is 1.51 bits per heavy atom. The van der Waals surface area contributed by atoms with Gasteiger partial charge in [-0.2, -0.15) is 0 Å². The van der Waals surface area contributed by atoms with Crippen LogP contribution in [0.1, 0.15) is 122 Å².